The van der Waals surface area contributed by atoms with Crippen molar-refractivity contribution < 1.29 is 22.7 Å². The molecular weight excluding hydrogens is 673 g/mol. The highest BCUT2D eigenvalue weighted by Crippen LogP contribution is 2.37. The van der Waals surface area contributed by atoms with Crippen LogP contribution in [0.15, 0.2) is 68.6 Å². The molecule has 1 amide bonds. The third-order valence-corrected chi connectivity index (χ3v) is 7.69. The third kappa shape index (κ3) is 8.34. The van der Waals surface area contributed by atoms with Crippen molar-refractivity contribution in [2.75, 3.05) is 24.2 Å². The smallest absolute Gasteiger partial charge is 0.260 e. The Labute approximate surface area is 241 Å². The van der Waals surface area contributed by atoms with Crippen molar-refractivity contribution >= 4 is 82.9 Å². The molecule has 0 heterocycles. The minimum absolute atomic E-state index is 0.184. The maximum Gasteiger partial charge on any atom is 0.260 e. The van der Waals surface area contributed by atoms with Gasteiger partial charge in [-0.25, -0.2) is 13.8 Å². The summed E-state index contributed by atoms with van der Waals surface area (Å²) in [6.45, 7) is -0.255. The summed E-state index contributed by atoms with van der Waals surface area (Å²) in [6.07, 6.45) is 2.43. The molecule has 1 N–H and O–H groups in total. The van der Waals surface area contributed by atoms with Gasteiger partial charge in [0.25, 0.3) is 5.91 Å². The SMILES string of the molecule is COc1cc(/C=N\NC(=O)CN(c2ccc(Br)cc2)S(C)(=O)=O)cc(Br)c1OCc1ccc(Cl)cc1Cl. The van der Waals surface area contributed by atoms with Crippen molar-refractivity contribution in [2.45, 2.75) is 6.61 Å². The maximum absolute atomic E-state index is 12.4. The lowest BCUT2D eigenvalue weighted by molar-refractivity contribution is -0.119. The van der Waals surface area contributed by atoms with Crippen LogP contribution in [0.1, 0.15) is 11.1 Å². The summed E-state index contributed by atoms with van der Waals surface area (Å²) in [6, 6.07) is 15.1. The number of nitrogens with one attached hydrogen (secondary N) is 1. The molecule has 37 heavy (non-hydrogen) atoms. The molecule has 0 aliphatic rings. The number of carbonyl (C=O) groups excluding carboxylic acids is 1. The van der Waals surface area contributed by atoms with Gasteiger partial charge in [0.05, 0.1) is 29.7 Å². The number of carbonyl (C=O) groups is 1. The zero-order chi connectivity index (χ0) is 27.2. The number of hydrogen-bond donors (Lipinski definition) is 1. The number of anilines is 1. The van der Waals surface area contributed by atoms with Gasteiger partial charge < -0.3 is 9.47 Å². The van der Waals surface area contributed by atoms with E-state index in [1.165, 1.54) is 13.3 Å². The Bertz CT molecular complexity index is 1420. The number of ether oxygens (including phenoxy) is 2. The summed E-state index contributed by atoms with van der Waals surface area (Å²) in [5.41, 5.74) is 4.04. The number of halogens is 4. The minimum Gasteiger partial charge on any atom is -0.493 e. The Morgan fingerprint density at radius 1 is 1.11 bits per heavy atom. The molecule has 3 aromatic rings. The summed E-state index contributed by atoms with van der Waals surface area (Å²) in [5, 5.41) is 4.95. The van der Waals surface area contributed by atoms with Gasteiger partial charge in [0.1, 0.15) is 13.2 Å². The first-order chi connectivity index (χ1) is 17.5. The second kappa shape index (κ2) is 13.0. The highest BCUT2D eigenvalue weighted by atomic mass is 79.9. The van der Waals surface area contributed by atoms with Crippen LogP contribution in [0, 0.1) is 0 Å². The van der Waals surface area contributed by atoms with Crippen molar-refractivity contribution in [1.29, 1.82) is 0 Å². The first kappa shape index (κ1) is 29.2. The van der Waals surface area contributed by atoms with Gasteiger partial charge in [0.2, 0.25) is 10.0 Å². The van der Waals surface area contributed by atoms with E-state index in [2.05, 4.69) is 42.4 Å². The van der Waals surface area contributed by atoms with Crippen LogP contribution in [0.2, 0.25) is 10.0 Å². The first-order valence-electron chi connectivity index (χ1n) is 10.5. The van der Waals surface area contributed by atoms with Crippen LogP contribution in [0.4, 0.5) is 5.69 Å². The van der Waals surface area contributed by atoms with Crippen LogP contribution in [-0.2, 0) is 21.4 Å². The Morgan fingerprint density at radius 2 is 1.81 bits per heavy atom. The van der Waals surface area contributed by atoms with Crippen LogP contribution in [-0.4, -0.2) is 40.4 Å². The monoisotopic (exact) mass is 691 g/mol. The summed E-state index contributed by atoms with van der Waals surface area (Å²) in [4.78, 5) is 12.4. The van der Waals surface area contributed by atoms with E-state index in [0.717, 1.165) is 20.6 Å². The quantitative estimate of drug-likeness (QED) is 0.207. The summed E-state index contributed by atoms with van der Waals surface area (Å²) in [5.74, 6) is 0.258. The van der Waals surface area contributed by atoms with Crippen molar-refractivity contribution in [1.82, 2.24) is 5.43 Å². The number of benzene rings is 3. The van der Waals surface area contributed by atoms with E-state index in [1.54, 1.807) is 54.6 Å². The molecule has 8 nitrogen and oxygen atoms in total. The highest BCUT2D eigenvalue weighted by Gasteiger charge is 2.20. The second-order valence-electron chi connectivity index (χ2n) is 7.60. The molecule has 0 aliphatic heterocycles. The molecule has 0 bridgehead atoms. The third-order valence-electron chi connectivity index (χ3n) is 4.84. The van der Waals surface area contributed by atoms with Crippen LogP contribution < -0.4 is 19.2 Å². The Balaban J connectivity index is 1.68. The van der Waals surface area contributed by atoms with Gasteiger partial charge in [-0.3, -0.25) is 9.10 Å². The lowest BCUT2D eigenvalue weighted by Crippen LogP contribution is -2.39. The van der Waals surface area contributed by atoms with E-state index in [1.807, 2.05) is 0 Å². The van der Waals surface area contributed by atoms with Gasteiger partial charge in [-0.2, -0.15) is 5.10 Å². The fourth-order valence-electron chi connectivity index (χ4n) is 3.10. The van der Waals surface area contributed by atoms with Gasteiger partial charge in [-0.05, 0) is 70.0 Å². The molecule has 0 spiro atoms. The normalized spacial score (nSPS) is 11.4. The van der Waals surface area contributed by atoms with Crippen molar-refractivity contribution in [3.05, 3.63) is 84.7 Å². The zero-order valence-electron chi connectivity index (χ0n) is 19.5. The lowest BCUT2D eigenvalue weighted by Gasteiger charge is -2.21. The number of rotatable bonds is 10. The van der Waals surface area contributed by atoms with E-state index < -0.39 is 22.5 Å². The molecule has 0 fully saturated rings. The largest absolute Gasteiger partial charge is 0.493 e. The molecule has 0 saturated carbocycles. The number of hydrazone groups is 1. The molecular formula is C24H21Br2Cl2N3O5S. The van der Waals surface area contributed by atoms with Crippen molar-refractivity contribution in [3.63, 3.8) is 0 Å². The average Bonchev–Trinajstić information content (AvgIpc) is 2.82. The number of hydrogen-bond acceptors (Lipinski definition) is 6. The number of sulfonamides is 1. The number of nitrogens with zero attached hydrogens (tertiary/aromatic N) is 2. The van der Waals surface area contributed by atoms with Gasteiger partial charge in [0.15, 0.2) is 11.5 Å². The molecule has 0 aromatic heterocycles. The van der Waals surface area contributed by atoms with Crippen LogP contribution >= 0.6 is 55.1 Å². The summed E-state index contributed by atoms with van der Waals surface area (Å²) >= 11 is 18.9. The van der Waals surface area contributed by atoms with Crippen molar-refractivity contribution in [2.24, 2.45) is 5.10 Å². The molecule has 0 atom stereocenters. The predicted octanol–water partition coefficient (Wildman–Crippen LogP) is 6.02. The highest BCUT2D eigenvalue weighted by molar-refractivity contribution is 9.10. The molecule has 3 rings (SSSR count). The van der Waals surface area contributed by atoms with Crippen molar-refractivity contribution in [3.8, 4) is 11.5 Å². The summed E-state index contributed by atoms with van der Waals surface area (Å²) in [7, 11) is -2.20. The average molecular weight is 694 g/mol. The minimum atomic E-state index is -3.70. The number of methoxy groups -OCH3 is 1. The standard InChI is InChI=1S/C24H21Br2Cl2N3O5S/c1-35-22-10-15(9-20(26)24(22)36-14-16-3-6-18(27)11-21(16)28)12-29-30-23(32)13-31(37(2,33)34)19-7-4-17(25)5-8-19/h3-12H,13-14H2,1-2H3,(H,30,32)/b29-12-. The van der Waals surface area contributed by atoms with E-state index >= 15 is 0 Å². The predicted molar refractivity (Wildman–Crippen MR) is 154 cm³/mol. The second-order valence-corrected chi connectivity index (χ2v) is 12.1. The van der Waals surface area contributed by atoms with E-state index in [-0.39, 0.29) is 6.61 Å². The van der Waals surface area contributed by atoms with E-state index in [4.69, 9.17) is 32.7 Å². The molecule has 196 valence electrons. The Hall–Kier alpha value is -2.31. The molecule has 0 radical (unpaired) electrons. The number of amides is 1. The molecule has 0 unspecified atom stereocenters. The van der Waals surface area contributed by atoms with Gasteiger partial charge in [-0.15, -0.1) is 0 Å². The van der Waals surface area contributed by atoms with Gasteiger partial charge in [0, 0.05) is 20.1 Å². The van der Waals surface area contributed by atoms with Gasteiger partial charge in [-0.1, -0.05) is 45.2 Å². The fraction of sp³-hybridized carbons (Fsp3) is 0.167. The Kier molecular flexibility index (Phi) is 10.3. The Morgan fingerprint density at radius 3 is 2.43 bits per heavy atom. The molecule has 13 heteroatoms. The topological polar surface area (TPSA) is 97.3 Å². The summed E-state index contributed by atoms with van der Waals surface area (Å²) < 4.78 is 38.1. The fourth-order valence-corrected chi connectivity index (χ4v) is 5.25. The first-order valence-corrected chi connectivity index (χ1v) is 14.7. The van der Waals surface area contributed by atoms with Crippen LogP contribution in [0.25, 0.3) is 0 Å². The molecule has 0 saturated heterocycles. The van der Waals surface area contributed by atoms with Crippen LogP contribution in [0.3, 0.4) is 0 Å². The molecule has 3 aromatic carbocycles. The van der Waals surface area contributed by atoms with Crippen LogP contribution in [0.5, 0.6) is 11.5 Å². The van der Waals surface area contributed by atoms with Gasteiger partial charge >= 0.3 is 0 Å². The molecule has 0 aliphatic carbocycles. The lowest BCUT2D eigenvalue weighted by atomic mass is 10.2. The zero-order valence-corrected chi connectivity index (χ0v) is 25.0. The van der Waals surface area contributed by atoms with E-state index in [0.29, 0.717) is 37.3 Å². The maximum atomic E-state index is 12.4. The van der Waals surface area contributed by atoms with E-state index in [9.17, 15) is 13.2 Å².